The number of benzene rings is 6. The molecule has 6 aromatic rings. The van der Waals surface area contributed by atoms with Crippen molar-refractivity contribution in [3.05, 3.63) is 145 Å². The number of hydrogen-bond acceptors (Lipinski definition) is 6. The van der Waals surface area contributed by atoms with E-state index in [-0.39, 0.29) is 0 Å². The van der Waals surface area contributed by atoms with Gasteiger partial charge in [-0.3, -0.25) is 0 Å². The van der Waals surface area contributed by atoms with Crippen LogP contribution in [-0.4, -0.2) is 0 Å². The minimum atomic E-state index is -1.90. The van der Waals surface area contributed by atoms with Crippen molar-refractivity contribution in [1.29, 1.82) is 0 Å². The molecule has 2 aliphatic heterocycles. The summed E-state index contributed by atoms with van der Waals surface area (Å²) in [4.78, 5) is 5.24. The standard InChI is InChI=1S/C37H26P2S6/c1-25-9-6-10-26(19-25)29-20-30(27-11-7-13-32(23-27)38(40)42-34-15-2-3-16-35(34)43-38)22-31(21-29)28-12-8-14-33(24-28)39(41)44-36-17-4-5-18-37(36)45-39/h2-24H,1H3. The monoisotopic (exact) mass is 724 g/mol. The molecule has 220 valence electrons. The summed E-state index contributed by atoms with van der Waals surface area (Å²) in [6.07, 6.45) is 0. The van der Waals surface area contributed by atoms with Crippen LogP contribution in [0.1, 0.15) is 5.56 Å². The van der Waals surface area contributed by atoms with Gasteiger partial charge in [-0.1, -0.05) is 160 Å². The zero-order chi connectivity index (χ0) is 30.6. The largest absolute Gasteiger partial charge is 0.0942 e. The molecule has 0 amide bonds. The topological polar surface area (TPSA) is 0 Å². The molecule has 0 nitrogen and oxygen atoms in total. The molecular formula is C37H26P2S6. The summed E-state index contributed by atoms with van der Waals surface area (Å²) in [5.41, 5.74) is 8.48. The van der Waals surface area contributed by atoms with Crippen LogP contribution in [0.3, 0.4) is 0 Å². The predicted octanol–water partition coefficient (Wildman–Crippen LogP) is 12.7. The average Bonchev–Trinajstić information content (AvgIpc) is 3.62. The molecule has 0 saturated heterocycles. The molecule has 0 spiro atoms. The SMILES string of the molecule is Cc1cccc(-c2cc(-c3cccc(P4(=S)Sc5ccccc5S4)c3)cc(-c3cccc(P4(=S)Sc5ccccc5S4)c3)c2)c1. The fourth-order valence-electron chi connectivity index (χ4n) is 5.63. The van der Waals surface area contributed by atoms with Gasteiger partial charge in [-0.05, 0) is 94.9 Å². The van der Waals surface area contributed by atoms with E-state index in [1.807, 2.05) is 45.5 Å². The summed E-state index contributed by atoms with van der Waals surface area (Å²) < 4.78 is -3.79. The van der Waals surface area contributed by atoms with Crippen molar-refractivity contribution in [1.82, 2.24) is 0 Å². The first-order valence-electron chi connectivity index (χ1n) is 14.5. The second-order valence-electron chi connectivity index (χ2n) is 11.0. The Hall–Kier alpha value is -1.98. The lowest BCUT2D eigenvalue weighted by Crippen LogP contribution is -2.00. The highest BCUT2D eigenvalue weighted by molar-refractivity contribution is 9.04. The fourth-order valence-corrected chi connectivity index (χ4v) is 25.7. The van der Waals surface area contributed by atoms with Gasteiger partial charge in [0.15, 0.2) is 0 Å². The number of aryl methyl sites for hydroxylation is 1. The van der Waals surface area contributed by atoms with Crippen molar-refractivity contribution in [3.8, 4) is 33.4 Å². The van der Waals surface area contributed by atoms with Crippen LogP contribution in [0.25, 0.3) is 33.4 Å². The molecule has 0 aromatic heterocycles. The third-order valence-corrected chi connectivity index (χ3v) is 27.5. The Morgan fingerprint density at radius 2 is 0.733 bits per heavy atom. The second kappa shape index (κ2) is 12.2. The number of rotatable bonds is 5. The van der Waals surface area contributed by atoms with Crippen LogP contribution in [0.15, 0.2) is 159 Å². The van der Waals surface area contributed by atoms with E-state index in [2.05, 4.69) is 146 Å². The lowest BCUT2D eigenvalue weighted by atomic mass is 9.93. The maximum Gasteiger partial charge on any atom is 0.0942 e. The molecule has 0 unspecified atom stereocenters. The second-order valence-corrected chi connectivity index (χ2v) is 32.7. The van der Waals surface area contributed by atoms with Gasteiger partial charge in [-0.15, -0.1) is 0 Å². The van der Waals surface area contributed by atoms with Crippen molar-refractivity contribution in [3.63, 3.8) is 0 Å². The Balaban J connectivity index is 1.22. The van der Waals surface area contributed by atoms with Crippen molar-refractivity contribution >= 4 is 88.6 Å². The molecule has 0 aliphatic carbocycles. The molecular weight excluding hydrogens is 699 g/mol. The van der Waals surface area contributed by atoms with Crippen molar-refractivity contribution in [2.75, 3.05) is 0 Å². The Morgan fingerprint density at radius 1 is 0.378 bits per heavy atom. The molecule has 0 N–H and O–H groups in total. The Morgan fingerprint density at radius 3 is 1.11 bits per heavy atom. The highest BCUT2D eigenvalue weighted by Crippen LogP contribution is 2.80. The molecule has 2 aliphatic rings. The maximum absolute atomic E-state index is 6.40. The van der Waals surface area contributed by atoms with E-state index in [9.17, 15) is 0 Å². The molecule has 45 heavy (non-hydrogen) atoms. The van der Waals surface area contributed by atoms with E-state index >= 15 is 0 Å². The number of hydrogen-bond donors (Lipinski definition) is 0. The van der Waals surface area contributed by atoms with Gasteiger partial charge in [0, 0.05) is 30.2 Å². The van der Waals surface area contributed by atoms with E-state index < -0.39 is 8.88 Å². The van der Waals surface area contributed by atoms with E-state index in [1.54, 1.807) is 0 Å². The minimum Gasteiger partial charge on any atom is -0.0720 e. The zero-order valence-corrected chi connectivity index (χ0v) is 30.8. The third kappa shape index (κ3) is 5.99. The Bertz CT molecular complexity index is 2040. The quantitative estimate of drug-likeness (QED) is 0.161. The normalized spacial score (nSPS) is 15.8. The van der Waals surface area contributed by atoms with Gasteiger partial charge in [-0.25, -0.2) is 0 Å². The predicted molar refractivity (Wildman–Crippen MR) is 212 cm³/mol. The van der Waals surface area contributed by atoms with Gasteiger partial charge in [0.1, 0.15) is 0 Å². The first-order chi connectivity index (χ1) is 21.9. The zero-order valence-electron chi connectivity index (χ0n) is 24.1. The van der Waals surface area contributed by atoms with Crippen LogP contribution in [0.5, 0.6) is 0 Å². The lowest BCUT2D eigenvalue weighted by molar-refractivity contribution is 1.27. The maximum atomic E-state index is 6.40. The van der Waals surface area contributed by atoms with E-state index in [4.69, 9.17) is 23.6 Å². The van der Waals surface area contributed by atoms with Gasteiger partial charge >= 0.3 is 0 Å². The summed E-state index contributed by atoms with van der Waals surface area (Å²) in [6, 6.07) is 51.0. The van der Waals surface area contributed by atoms with E-state index in [0.717, 1.165) is 0 Å². The van der Waals surface area contributed by atoms with E-state index in [0.29, 0.717) is 0 Å². The molecule has 6 aromatic carbocycles. The van der Waals surface area contributed by atoms with Crippen LogP contribution < -0.4 is 10.6 Å². The summed E-state index contributed by atoms with van der Waals surface area (Å²) in [5.74, 6) is 0. The molecule has 0 bridgehead atoms. The molecule has 0 saturated carbocycles. The smallest absolute Gasteiger partial charge is 0.0720 e. The Kier molecular flexibility index (Phi) is 8.25. The van der Waals surface area contributed by atoms with Crippen LogP contribution in [0, 0.1) is 6.92 Å². The summed E-state index contributed by atoms with van der Waals surface area (Å²) >= 11 is 20.3. The first-order valence-corrected chi connectivity index (χ1v) is 25.8. The van der Waals surface area contributed by atoms with Crippen LogP contribution in [0.4, 0.5) is 0 Å². The molecule has 8 heteroatoms. The summed E-state index contributed by atoms with van der Waals surface area (Å²) in [5, 5.41) is 2.52. The molecule has 8 rings (SSSR count). The van der Waals surface area contributed by atoms with Gasteiger partial charge in [0.05, 0.1) is 8.88 Å². The molecule has 0 atom stereocenters. The van der Waals surface area contributed by atoms with Crippen molar-refractivity contribution in [2.24, 2.45) is 0 Å². The summed E-state index contributed by atoms with van der Waals surface area (Å²) in [6.45, 7) is 2.16. The van der Waals surface area contributed by atoms with Crippen LogP contribution in [0.2, 0.25) is 0 Å². The van der Waals surface area contributed by atoms with Crippen LogP contribution >= 0.6 is 54.4 Å². The highest BCUT2D eigenvalue weighted by atomic mass is 33.2. The molecule has 0 fully saturated rings. The third-order valence-electron chi connectivity index (χ3n) is 7.85. The van der Waals surface area contributed by atoms with Crippen molar-refractivity contribution in [2.45, 2.75) is 26.5 Å². The van der Waals surface area contributed by atoms with Gasteiger partial charge in [0.2, 0.25) is 0 Å². The highest BCUT2D eigenvalue weighted by Gasteiger charge is 2.32. The molecule has 0 radical (unpaired) electrons. The minimum absolute atomic E-state index is 1.20. The Labute approximate surface area is 291 Å². The molecule has 2 heterocycles. The van der Waals surface area contributed by atoms with Gasteiger partial charge in [-0.2, -0.15) is 0 Å². The first kappa shape index (κ1) is 30.4. The van der Waals surface area contributed by atoms with Crippen molar-refractivity contribution < 1.29 is 0 Å². The lowest BCUT2D eigenvalue weighted by Gasteiger charge is -2.17. The fraction of sp³-hybridized carbons (Fsp3) is 0.0270. The average molecular weight is 725 g/mol. The summed E-state index contributed by atoms with van der Waals surface area (Å²) in [7, 11) is 0. The number of fused-ring (bicyclic) bond motifs is 2. The van der Waals surface area contributed by atoms with Gasteiger partial charge in [0.25, 0.3) is 0 Å². The van der Waals surface area contributed by atoms with Gasteiger partial charge < -0.3 is 0 Å². The van der Waals surface area contributed by atoms with E-state index in [1.165, 1.54) is 69.1 Å². The van der Waals surface area contributed by atoms with Crippen LogP contribution in [-0.2, 0) is 23.6 Å².